The molecule has 0 radical (unpaired) electrons. The van der Waals surface area contributed by atoms with E-state index in [0.717, 1.165) is 22.4 Å². The zero-order chi connectivity index (χ0) is 15.2. The van der Waals surface area contributed by atoms with Gasteiger partial charge in [-0.2, -0.15) is 0 Å². The molecule has 0 aliphatic rings. The van der Waals surface area contributed by atoms with Crippen LogP contribution in [0.15, 0.2) is 42.5 Å². The molecule has 0 aliphatic heterocycles. The Kier molecular flexibility index (Phi) is 4.93. The van der Waals surface area contributed by atoms with Crippen LogP contribution in [0.3, 0.4) is 0 Å². The van der Waals surface area contributed by atoms with Gasteiger partial charge in [-0.1, -0.05) is 29.8 Å². The third kappa shape index (κ3) is 4.60. The summed E-state index contributed by atoms with van der Waals surface area (Å²) in [7, 11) is 0. The van der Waals surface area contributed by atoms with Gasteiger partial charge in [0.15, 0.2) is 0 Å². The smallest absolute Gasteiger partial charge is 0.319 e. The molecular weight excluding hydrogens is 267 g/mol. The van der Waals surface area contributed by atoms with Gasteiger partial charge in [0, 0.05) is 12.2 Å². The van der Waals surface area contributed by atoms with Crippen LogP contribution in [0.1, 0.15) is 16.7 Å². The Balaban J connectivity index is 1.81. The van der Waals surface area contributed by atoms with Gasteiger partial charge in [-0.25, -0.2) is 9.18 Å². The van der Waals surface area contributed by atoms with Crippen LogP contribution < -0.4 is 10.6 Å². The number of benzene rings is 2. The van der Waals surface area contributed by atoms with Crippen LogP contribution in [0, 0.1) is 19.7 Å². The summed E-state index contributed by atoms with van der Waals surface area (Å²) in [4.78, 5) is 11.8. The molecule has 110 valence electrons. The first-order valence-electron chi connectivity index (χ1n) is 6.91. The molecule has 2 rings (SSSR count). The van der Waals surface area contributed by atoms with E-state index in [0.29, 0.717) is 13.0 Å². The lowest BCUT2D eigenvalue weighted by Gasteiger charge is -2.10. The lowest BCUT2D eigenvalue weighted by molar-refractivity contribution is 0.252. The summed E-state index contributed by atoms with van der Waals surface area (Å²) in [5.74, 6) is -0.251. The van der Waals surface area contributed by atoms with Crippen LogP contribution in [-0.2, 0) is 6.42 Å². The van der Waals surface area contributed by atoms with Crippen molar-refractivity contribution in [3.05, 3.63) is 65.0 Å². The molecule has 21 heavy (non-hydrogen) atoms. The van der Waals surface area contributed by atoms with Crippen molar-refractivity contribution in [1.29, 1.82) is 0 Å². The fourth-order valence-electron chi connectivity index (χ4n) is 2.09. The number of carbonyl (C=O) groups is 1. The molecule has 0 saturated carbocycles. The van der Waals surface area contributed by atoms with E-state index in [9.17, 15) is 9.18 Å². The van der Waals surface area contributed by atoms with E-state index in [2.05, 4.69) is 10.6 Å². The van der Waals surface area contributed by atoms with Gasteiger partial charge < -0.3 is 10.6 Å². The normalized spacial score (nSPS) is 10.2. The highest BCUT2D eigenvalue weighted by Crippen LogP contribution is 2.15. The lowest BCUT2D eigenvalue weighted by atomic mass is 10.1. The van der Waals surface area contributed by atoms with Gasteiger partial charge in [0.25, 0.3) is 0 Å². The lowest BCUT2D eigenvalue weighted by Crippen LogP contribution is -2.30. The Morgan fingerprint density at radius 2 is 1.81 bits per heavy atom. The number of aryl methyl sites for hydroxylation is 2. The second-order valence-electron chi connectivity index (χ2n) is 5.08. The fourth-order valence-corrected chi connectivity index (χ4v) is 2.09. The maximum atomic E-state index is 12.8. The molecule has 4 heteroatoms. The number of urea groups is 1. The maximum absolute atomic E-state index is 12.8. The molecule has 0 bridgehead atoms. The molecule has 2 N–H and O–H groups in total. The first kappa shape index (κ1) is 15.0. The van der Waals surface area contributed by atoms with E-state index in [-0.39, 0.29) is 11.8 Å². The molecule has 0 atom stereocenters. The highest BCUT2D eigenvalue weighted by molar-refractivity contribution is 5.90. The number of anilines is 1. The average molecular weight is 286 g/mol. The second kappa shape index (κ2) is 6.88. The molecule has 0 unspecified atom stereocenters. The second-order valence-corrected chi connectivity index (χ2v) is 5.08. The number of rotatable bonds is 4. The molecule has 0 saturated heterocycles. The Morgan fingerprint density at radius 1 is 1.10 bits per heavy atom. The summed E-state index contributed by atoms with van der Waals surface area (Å²) >= 11 is 0. The molecule has 0 fully saturated rings. The molecule has 2 aromatic carbocycles. The van der Waals surface area contributed by atoms with E-state index in [1.807, 2.05) is 32.0 Å². The number of amides is 2. The van der Waals surface area contributed by atoms with Crippen molar-refractivity contribution >= 4 is 11.7 Å². The number of carbonyl (C=O) groups excluding carboxylic acids is 1. The third-order valence-electron chi connectivity index (χ3n) is 3.24. The van der Waals surface area contributed by atoms with Crippen LogP contribution in [0.2, 0.25) is 0 Å². The average Bonchev–Trinajstić information content (AvgIpc) is 2.44. The Morgan fingerprint density at radius 3 is 2.48 bits per heavy atom. The first-order valence-corrected chi connectivity index (χ1v) is 6.91. The Bertz CT molecular complexity index is 623. The summed E-state index contributed by atoms with van der Waals surface area (Å²) < 4.78 is 12.8. The minimum Gasteiger partial charge on any atom is -0.338 e. The standard InChI is InChI=1S/C17H19FN2O/c1-12-3-8-16(13(2)11-12)20-17(21)19-10-9-14-4-6-15(18)7-5-14/h3-8,11H,9-10H2,1-2H3,(H2,19,20,21). The number of hydrogen-bond donors (Lipinski definition) is 2. The Hall–Kier alpha value is -2.36. The van der Waals surface area contributed by atoms with Crippen LogP contribution in [-0.4, -0.2) is 12.6 Å². The minimum absolute atomic E-state index is 0.232. The SMILES string of the molecule is Cc1ccc(NC(=O)NCCc2ccc(F)cc2)c(C)c1. The first-order chi connectivity index (χ1) is 10.0. The predicted molar refractivity (Wildman–Crippen MR) is 83.0 cm³/mol. The molecule has 0 aliphatic carbocycles. The molecule has 0 aromatic heterocycles. The van der Waals surface area contributed by atoms with Gasteiger partial charge in [0.1, 0.15) is 5.82 Å². The number of halogens is 1. The van der Waals surface area contributed by atoms with E-state index in [4.69, 9.17) is 0 Å². The van der Waals surface area contributed by atoms with Crippen LogP contribution >= 0.6 is 0 Å². The van der Waals surface area contributed by atoms with Crippen molar-refractivity contribution in [2.75, 3.05) is 11.9 Å². The van der Waals surface area contributed by atoms with Gasteiger partial charge in [0.2, 0.25) is 0 Å². The van der Waals surface area contributed by atoms with Crippen LogP contribution in [0.5, 0.6) is 0 Å². The van der Waals surface area contributed by atoms with Gasteiger partial charge in [-0.05, 0) is 49.6 Å². The molecule has 3 nitrogen and oxygen atoms in total. The number of hydrogen-bond acceptors (Lipinski definition) is 1. The maximum Gasteiger partial charge on any atom is 0.319 e. The van der Waals surface area contributed by atoms with E-state index in [1.54, 1.807) is 12.1 Å². The van der Waals surface area contributed by atoms with Crippen molar-refractivity contribution in [3.8, 4) is 0 Å². The van der Waals surface area contributed by atoms with Gasteiger partial charge in [0.05, 0.1) is 0 Å². The molecule has 2 aromatic rings. The van der Waals surface area contributed by atoms with E-state index in [1.165, 1.54) is 12.1 Å². The summed E-state index contributed by atoms with van der Waals surface area (Å²) in [6.45, 7) is 4.48. The van der Waals surface area contributed by atoms with Crippen molar-refractivity contribution in [2.24, 2.45) is 0 Å². The zero-order valence-corrected chi connectivity index (χ0v) is 12.2. The van der Waals surface area contributed by atoms with E-state index >= 15 is 0 Å². The predicted octanol–water partition coefficient (Wildman–Crippen LogP) is 3.81. The quantitative estimate of drug-likeness (QED) is 0.881. The monoisotopic (exact) mass is 286 g/mol. The van der Waals surface area contributed by atoms with E-state index < -0.39 is 0 Å². The third-order valence-corrected chi connectivity index (χ3v) is 3.24. The summed E-state index contributed by atoms with van der Waals surface area (Å²) in [6, 6.07) is 11.9. The summed E-state index contributed by atoms with van der Waals surface area (Å²) in [5.41, 5.74) is 3.99. The largest absolute Gasteiger partial charge is 0.338 e. The molecule has 0 spiro atoms. The summed E-state index contributed by atoms with van der Waals surface area (Å²) in [5, 5.41) is 5.62. The number of nitrogens with one attached hydrogen (secondary N) is 2. The van der Waals surface area contributed by atoms with Gasteiger partial charge >= 0.3 is 6.03 Å². The van der Waals surface area contributed by atoms with Gasteiger partial charge in [-0.15, -0.1) is 0 Å². The summed E-state index contributed by atoms with van der Waals surface area (Å²) in [6.07, 6.45) is 0.667. The van der Waals surface area contributed by atoms with Crippen molar-refractivity contribution < 1.29 is 9.18 Å². The molecule has 2 amide bonds. The van der Waals surface area contributed by atoms with Crippen LogP contribution in [0.25, 0.3) is 0 Å². The molecule has 0 heterocycles. The Labute approximate surface area is 124 Å². The van der Waals surface area contributed by atoms with Crippen molar-refractivity contribution in [1.82, 2.24) is 5.32 Å². The van der Waals surface area contributed by atoms with Crippen LogP contribution in [0.4, 0.5) is 14.9 Å². The molecular formula is C17H19FN2O. The topological polar surface area (TPSA) is 41.1 Å². The highest BCUT2D eigenvalue weighted by atomic mass is 19.1. The van der Waals surface area contributed by atoms with Crippen molar-refractivity contribution in [3.63, 3.8) is 0 Å². The minimum atomic E-state index is -0.251. The zero-order valence-electron chi connectivity index (χ0n) is 12.2. The van der Waals surface area contributed by atoms with Gasteiger partial charge in [-0.3, -0.25) is 0 Å². The van der Waals surface area contributed by atoms with Crippen molar-refractivity contribution in [2.45, 2.75) is 20.3 Å². The fraction of sp³-hybridized carbons (Fsp3) is 0.235. The highest BCUT2D eigenvalue weighted by Gasteiger charge is 2.04.